The second-order valence-electron chi connectivity index (χ2n) is 6.02. The number of nitrogens with two attached hydrogens (primary N) is 2. The number of rotatable bonds is 3. The quantitative estimate of drug-likeness (QED) is 0.825. The van der Waals surface area contributed by atoms with Crippen LogP contribution in [0.25, 0.3) is 0 Å². The smallest absolute Gasteiger partial charge is 0.220 e. The van der Waals surface area contributed by atoms with Crippen LogP contribution in [0, 0.1) is 0 Å². The molecule has 0 aromatic heterocycles. The lowest BCUT2D eigenvalue weighted by Gasteiger charge is -2.38. The van der Waals surface area contributed by atoms with Crippen molar-refractivity contribution in [1.29, 1.82) is 0 Å². The van der Waals surface area contributed by atoms with Gasteiger partial charge in [-0.05, 0) is 26.0 Å². The summed E-state index contributed by atoms with van der Waals surface area (Å²) in [6, 6.07) is 16.4. The maximum absolute atomic E-state index is 12.6. The molecule has 130 valence electrons. The maximum Gasteiger partial charge on any atom is 0.220 e. The van der Waals surface area contributed by atoms with E-state index >= 15 is 0 Å². The van der Waals surface area contributed by atoms with Crippen molar-refractivity contribution in [2.45, 2.75) is 19.5 Å². The predicted molar refractivity (Wildman–Crippen MR) is 103 cm³/mol. The normalized spacial score (nSPS) is 15.7. The molecule has 0 amide bonds. The van der Waals surface area contributed by atoms with Gasteiger partial charge in [-0.15, -0.1) is 12.4 Å². The fourth-order valence-electron chi connectivity index (χ4n) is 2.79. The van der Waals surface area contributed by atoms with Crippen LogP contribution in [-0.4, -0.2) is 23.4 Å². The zero-order valence-electron chi connectivity index (χ0n) is 14.0. The summed E-state index contributed by atoms with van der Waals surface area (Å²) in [7, 11) is 0. The van der Waals surface area contributed by atoms with Crippen LogP contribution in [0.1, 0.15) is 29.8 Å². The van der Waals surface area contributed by atoms with Crippen molar-refractivity contribution >= 4 is 35.8 Å². The van der Waals surface area contributed by atoms with Crippen LogP contribution < -0.4 is 16.4 Å². The van der Waals surface area contributed by atoms with Gasteiger partial charge in [0.05, 0.1) is 0 Å². The molecule has 0 saturated heterocycles. The number of anilines is 1. The number of benzene rings is 2. The Morgan fingerprint density at radius 1 is 1.00 bits per heavy atom. The van der Waals surface area contributed by atoms with Crippen LogP contribution in [0.3, 0.4) is 0 Å². The maximum atomic E-state index is 12.6. The Labute approximate surface area is 152 Å². The SMILES string of the molecule is CC1(C)N=C(N)N=C(N)N1c1cccc(C(=O)c2ccccc2)c1.Cl. The van der Waals surface area contributed by atoms with Gasteiger partial charge in [-0.2, -0.15) is 4.99 Å². The van der Waals surface area contributed by atoms with E-state index in [-0.39, 0.29) is 30.1 Å². The van der Waals surface area contributed by atoms with Crippen molar-refractivity contribution in [1.82, 2.24) is 0 Å². The van der Waals surface area contributed by atoms with E-state index < -0.39 is 5.66 Å². The molecule has 1 heterocycles. The molecule has 0 saturated carbocycles. The van der Waals surface area contributed by atoms with Gasteiger partial charge in [-0.3, -0.25) is 9.69 Å². The predicted octanol–water partition coefficient (Wildman–Crippen LogP) is 2.52. The van der Waals surface area contributed by atoms with E-state index in [2.05, 4.69) is 9.98 Å². The number of hydrogen-bond acceptors (Lipinski definition) is 6. The third-order valence-corrected chi connectivity index (χ3v) is 3.80. The second-order valence-corrected chi connectivity index (χ2v) is 6.02. The summed E-state index contributed by atoms with van der Waals surface area (Å²) >= 11 is 0. The number of carbonyl (C=O) groups is 1. The zero-order chi connectivity index (χ0) is 17.3. The van der Waals surface area contributed by atoms with Gasteiger partial charge >= 0.3 is 0 Å². The van der Waals surface area contributed by atoms with Gasteiger partial charge in [-0.1, -0.05) is 42.5 Å². The van der Waals surface area contributed by atoms with E-state index in [9.17, 15) is 4.79 Å². The van der Waals surface area contributed by atoms with Crippen molar-refractivity contribution in [3.05, 3.63) is 65.7 Å². The molecule has 0 aliphatic carbocycles. The summed E-state index contributed by atoms with van der Waals surface area (Å²) in [4.78, 5) is 22.8. The molecule has 4 N–H and O–H groups in total. The van der Waals surface area contributed by atoms with Crippen molar-refractivity contribution in [2.75, 3.05) is 4.90 Å². The van der Waals surface area contributed by atoms with Crippen LogP contribution in [0.4, 0.5) is 5.69 Å². The molecule has 0 bridgehead atoms. The highest BCUT2D eigenvalue weighted by Gasteiger charge is 2.33. The first-order valence-electron chi connectivity index (χ1n) is 7.58. The number of halogens is 1. The lowest BCUT2D eigenvalue weighted by Crippen LogP contribution is -2.54. The highest BCUT2D eigenvalue weighted by molar-refractivity contribution is 6.10. The first kappa shape index (κ1) is 18.5. The molecule has 0 fully saturated rings. The third-order valence-electron chi connectivity index (χ3n) is 3.80. The molecule has 25 heavy (non-hydrogen) atoms. The van der Waals surface area contributed by atoms with Gasteiger partial charge in [0.2, 0.25) is 11.9 Å². The highest BCUT2D eigenvalue weighted by atomic mass is 35.5. The van der Waals surface area contributed by atoms with E-state index in [1.54, 1.807) is 29.2 Å². The number of nitrogens with zero attached hydrogens (tertiary/aromatic N) is 3. The number of guanidine groups is 2. The first-order valence-corrected chi connectivity index (χ1v) is 7.58. The molecule has 6 nitrogen and oxygen atoms in total. The molecule has 0 radical (unpaired) electrons. The van der Waals surface area contributed by atoms with Gasteiger partial charge in [0.1, 0.15) is 5.66 Å². The average molecular weight is 358 g/mol. The van der Waals surface area contributed by atoms with Crippen molar-refractivity contribution in [3.63, 3.8) is 0 Å². The third kappa shape index (κ3) is 3.64. The highest BCUT2D eigenvalue weighted by Crippen LogP contribution is 2.28. The largest absolute Gasteiger partial charge is 0.369 e. The van der Waals surface area contributed by atoms with Crippen LogP contribution in [0.15, 0.2) is 64.6 Å². The van der Waals surface area contributed by atoms with Crippen LogP contribution in [-0.2, 0) is 0 Å². The zero-order valence-corrected chi connectivity index (χ0v) is 14.8. The van der Waals surface area contributed by atoms with E-state index in [1.807, 2.05) is 44.2 Å². The lowest BCUT2D eigenvalue weighted by atomic mass is 10.0. The Balaban J connectivity index is 0.00000225. The minimum atomic E-state index is -0.690. The van der Waals surface area contributed by atoms with Crippen molar-refractivity contribution < 1.29 is 4.79 Å². The Bertz CT molecular complexity index is 846. The van der Waals surface area contributed by atoms with E-state index in [4.69, 9.17) is 11.5 Å². The summed E-state index contributed by atoms with van der Waals surface area (Å²) in [5, 5.41) is 0. The topological polar surface area (TPSA) is 97.1 Å². The number of hydrogen-bond donors (Lipinski definition) is 2. The summed E-state index contributed by atoms with van der Waals surface area (Å²) in [6.45, 7) is 3.76. The summed E-state index contributed by atoms with van der Waals surface area (Å²) in [6.07, 6.45) is 0. The number of ketones is 1. The molecular formula is C18H20ClN5O. The summed E-state index contributed by atoms with van der Waals surface area (Å²) in [5.41, 5.74) is 13.0. The van der Waals surface area contributed by atoms with E-state index in [1.165, 1.54) is 0 Å². The number of carbonyl (C=O) groups excluding carboxylic acids is 1. The molecule has 1 aliphatic heterocycles. The molecule has 2 aromatic carbocycles. The van der Waals surface area contributed by atoms with Gasteiger partial charge in [-0.25, -0.2) is 4.99 Å². The number of aliphatic imine (C=N–C) groups is 2. The summed E-state index contributed by atoms with van der Waals surface area (Å²) in [5.74, 6) is 0.341. The fraction of sp³-hybridized carbons (Fsp3) is 0.167. The fourth-order valence-corrected chi connectivity index (χ4v) is 2.79. The molecule has 0 spiro atoms. The van der Waals surface area contributed by atoms with Gasteiger partial charge < -0.3 is 11.5 Å². The molecule has 1 aliphatic rings. The van der Waals surface area contributed by atoms with Crippen molar-refractivity contribution in [3.8, 4) is 0 Å². The van der Waals surface area contributed by atoms with Crippen LogP contribution in [0.5, 0.6) is 0 Å². The minimum absolute atomic E-state index is 0. The minimum Gasteiger partial charge on any atom is -0.369 e. The first-order chi connectivity index (χ1) is 11.4. The van der Waals surface area contributed by atoms with Gasteiger partial charge in [0.25, 0.3) is 0 Å². The van der Waals surface area contributed by atoms with E-state index in [0.717, 1.165) is 5.69 Å². The molecule has 7 heteroatoms. The molecule has 3 rings (SSSR count). The molecule has 0 atom stereocenters. The molecule has 0 unspecified atom stereocenters. The Hall–Kier alpha value is -2.86. The standard InChI is InChI=1S/C18H19N5O.ClH/c1-18(2)22-16(19)21-17(20)23(18)14-10-6-9-13(11-14)15(24)12-7-4-3-5-8-12;/h3-11H,1-2H3,(H4,19,20,21,22);1H. The Kier molecular flexibility index (Phi) is 5.13. The molecule has 2 aromatic rings. The summed E-state index contributed by atoms with van der Waals surface area (Å²) < 4.78 is 0. The average Bonchev–Trinajstić information content (AvgIpc) is 2.53. The Morgan fingerprint density at radius 2 is 1.64 bits per heavy atom. The van der Waals surface area contributed by atoms with Gasteiger partial charge in [0, 0.05) is 16.8 Å². The Morgan fingerprint density at radius 3 is 2.28 bits per heavy atom. The molecular weight excluding hydrogens is 338 g/mol. The van der Waals surface area contributed by atoms with Crippen LogP contribution >= 0.6 is 12.4 Å². The van der Waals surface area contributed by atoms with Crippen molar-refractivity contribution in [2.24, 2.45) is 21.5 Å². The van der Waals surface area contributed by atoms with E-state index in [0.29, 0.717) is 11.1 Å². The monoisotopic (exact) mass is 357 g/mol. The van der Waals surface area contributed by atoms with Crippen LogP contribution in [0.2, 0.25) is 0 Å². The van der Waals surface area contributed by atoms with Gasteiger partial charge in [0.15, 0.2) is 5.78 Å². The lowest BCUT2D eigenvalue weighted by molar-refractivity contribution is 0.103. The second kappa shape index (κ2) is 6.94.